The molecule has 0 spiro atoms. The van der Waals surface area contributed by atoms with Gasteiger partial charge >= 0.3 is 25.8 Å². The highest BCUT2D eigenvalue weighted by Gasteiger charge is 2.48. The van der Waals surface area contributed by atoms with Crippen molar-refractivity contribution in [2.75, 3.05) is 0 Å². The zero-order valence-corrected chi connectivity index (χ0v) is 10.0. The molecule has 0 radical (unpaired) electrons. The Morgan fingerprint density at radius 2 is 1.50 bits per heavy atom. The Morgan fingerprint density at radius 1 is 1.00 bits per heavy atom. The highest BCUT2D eigenvalue weighted by atomic mass is 32.3. The molecule has 6 nitrogen and oxygen atoms in total. The van der Waals surface area contributed by atoms with Crippen molar-refractivity contribution in [2.45, 2.75) is 5.51 Å². The maximum atomic E-state index is 11.9. The number of sulfonamides is 1. The summed E-state index contributed by atoms with van der Waals surface area (Å²) in [6.45, 7) is 0. The predicted octanol–water partition coefficient (Wildman–Crippen LogP) is 0.749. The van der Waals surface area contributed by atoms with Gasteiger partial charge in [0.2, 0.25) is 0 Å². The first kappa shape index (κ1) is 14.7. The van der Waals surface area contributed by atoms with Gasteiger partial charge in [0.25, 0.3) is 0 Å². The van der Waals surface area contributed by atoms with Crippen molar-refractivity contribution >= 4 is 20.3 Å². The average molecular weight is 305 g/mol. The Labute approximate surface area is 101 Å². The van der Waals surface area contributed by atoms with Crippen LogP contribution in [-0.4, -0.2) is 22.3 Å². The molecule has 1 N–H and O–H groups in total. The Bertz CT molecular complexity index is 608. The summed E-state index contributed by atoms with van der Waals surface area (Å²) in [6, 6.07) is 6.45. The molecule has 0 heterocycles. The Balaban J connectivity index is 2.92. The molecule has 0 bridgehead atoms. The van der Waals surface area contributed by atoms with Gasteiger partial charge in [-0.1, -0.05) is 22.3 Å². The SMILES string of the molecule is O=S(=O)(NS(=O)(=O)C(F)(F)F)Oc1ccccc1. The Morgan fingerprint density at radius 3 is 1.94 bits per heavy atom. The van der Waals surface area contributed by atoms with E-state index < -0.39 is 25.8 Å². The van der Waals surface area contributed by atoms with Gasteiger partial charge in [0.05, 0.1) is 0 Å². The topological polar surface area (TPSA) is 89.5 Å². The van der Waals surface area contributed by atoms with Crippen LogP contribution < -0.4 is 8.31 Å². The fourth-order valence-electron chi connectivity index (χ4n) is 0.801. The molecular weight excluding hydrogens is 299 g/mol. The standard InChI is InChI=1S/C7H6F3NO5S2/c8-7(9,10)17(12,13)11-18(14,15)16-6-4-2-1-3-5-6/h1-5,11H. The third-order valence-electron chi connectivity index (χ3n) is 1.47. The van der Waals surface area contributed by atoms with E-state index in [1.165, 1.54) is 18.2 Å². The second-order valence-electron chi connectivity index (χ2n) is 2.88. The number of benzene rings is 1. The van der Waals surface area contributed by atoms with Gasteiger partial charge < -0.3 is 4.18 Å². The van der Waals surface area contributed by atoms with E-state index in [0.29, 0.717) is 4.13 Å². The molecule has 1 aromatic carbocycles. The second kappa shape index (κ2) is 4.74. The van der Waals surface area contributed by atoms with Crippen LogP contribution in [0.3, 0.4) is 0 Å². The van der Waals surface area contributed by atoms with E-state index in [2.05, 4.69) is 4.18 Å². The van der Waals surface area contributed by atoms with Crippen LogP contribution in [-0.2, 0) is 20.3 Å². The van der Waals surface area contributed by atoms with Crippen LogP contribution in [0.5, 0.6) is 5.75 Å². The molecule has 0 amide bonds. The third kappa shape index (κ3) is 3.85. The molecule has 1 aromatic rings. The van der Waals surface area contributed by atoms with Crippen LogP contribution in [0.4, 0.5) is 13.2 Å². The van der Waals surface area contributed by atoms with Crippen LogP contribution in [0.2, 0.25) is 0 Å². The number of hydrogen-bond donors (Lipinski definition) is 1. The summed E-state index contributed by atoms with van der Waals surface area (Å²) < 4.78 is 83.6. The minimum Gasteiger partial charge on any atom is -0.370 e. The average Bonchev–Trinajstić information content (AvgIpc) is 2.14. The molecule has 102 valence electrons. The summed E-state index contributed by atoms with van der Waals surface area (Å²) >= 11 is 0. The van der Waals surface area contributed by atoms with Gasteiger partial charge in [-0.3, -0.25) is 0 Å². The summed E-state index contributed by atoms with van der Waals surface area (Å²) in [6.07, 6.45) is 0. The monoisotopic (exact) mass is 305 g/mol. The molecule has 0 aromatic heterocycles. The third-order valence-corrected chi connectivity index (χ3v) is 4.18. The van der Waals surface area contributed by atoms with Crippen molar-refractivity contribution in [3.05, 3.63) is 30.3 Å². The smallest absolute Gasteiger partial charge is 0.370 e. The summed E-state index contributed by atoms with van der Waals surface area (Å²) in [5.41, 5.74) is -5.75. The molecule has 11 heteroatoms. The lowest BCUT2D eigenvalue weighted by molar-refractivity contribution is -0.0442. The number of alkyl halides is 3. The molecule has 0 saturated heterocycles. The van der Waals surface area contributed by atoms with Crippen LogP contribution in [0, 0.1) is 0 Å². The van der Waals surface area contributed by atoms with Crippen molar-refractivity contribution in [2.24, 2.45) is 0 Å². The fraction of sp³-hybridized carbons (Fsp3) is 0.143. The first-order valence-corrected chi connectivity index (χ1v) is 7.02. The van der Waals surface area contributed by atoms with E-state index >= 15 is 0 Å². The fourth-order valence-corrected chi connectivity index (χ4v) is 2.75. The zero-order valence-electron chi connectivity index (χ0n) is 8.38. The molecular formula is C7H6F3NO5S2. The predicted molar refractivity (Wildman–Crippen MR) is 54.1 cm³/mol. The molecule has 0 unspecified atom stereocenters. The number of hydrogen-bond acceptors (Lipinski definition) is 5. The molecule has 0 saturated carbocycles. The van der Waals surface area contributed by atoms with E-state index in [1.54, 1.807) is 0 Å². The lowest BCUT2D eigenvalue weighted by Gasteiger charge is -2.10. The molecule has 0 aliphatic carbocycles. The molecule has 1 rings (SSSR count). The largest absolute Gasteiger partial charge is 0.512 e. The van der Waals surface area contributed by atoms with Gasteiger partial charge in [-0.05, 0) is 12.1 Å². The zero-order chi connectivity index (χ0) is 14.0. The van der Waals surface area contributed by atoms with Gasteiger partial charge in [0, 0.05) is 0 Å². The van der Waals surface area contributed by atoms with Crippen LogP contribution in [0.15, 0.2) is 30.3 Å². The first-order valence-electron chi connectivity index (χ1n) is 4.13. The van der Waals surface area contributed by atoms with E-state index in [4.69, 9.17) is 0 Å². The lowest BCUT2D eigenvalue weighted by Crippen LogP contribution is -2.42. The quantitative estimate of drug-likeness (QED) is 0.886. The van der Waals surface area contributed by atoms with E-state index in [1.807, 2.05) is 0 Å². The summed E-state index contributed by atoms with van der Waals surface area (Å²) in [4.78, 5) is 0. The maximum absolute atomic E-state index is 11.9. The van der Waals surface area contributed by atoms with E-state index in [-0.39, 0.29) is 5.75 Å². The normalized spacial score (nSPS) is 13.3. The number of rotatable bonds is 4. The maximum Gasteiger partial charge on any atom is 0.512 e. The minimum absolute atomic E-state index is 0.331. The number of para-hydroxylation sites is 1. The minimum atomic E-state index is -6.04. The van der Waals surface area contributed by atoms with Crippen LogP contribution in [0.1, 0.15) is 0 Å². The number of halogens is 3. The highest BCUT2D eigenvalue weighted by molar-refractivity contribution is 8.03. The summed E-state index contributed by atoms with van der Waals surface area (Å²) in [5, 5.41) is 0. The van der Waals surface area contributed by atoms with Crippen molar-refractivity contribution < 1.29 is 34.2 Å². The lowest BCUT2D eigenvalue weighted by atomic mass is 10.3. The first-order chi connectivity index (χ1) is 8.04. The van der Waals surface area contributed by atoms with E-state index in [0.717, 1.165) is 12.1 Å². The van der Waals surface area contributed by atoms with Gasteiger partial charge in [-0.25, -0.2) is 8.42 Å². The number of nitrogens with one attached hydrogen (secondary N) is 1. The van der Waals surface area contributed by atoms with Crippen LogP contribution >= 0.6 is 0 Å². The molecule has 18 heavy (non-hydrogen) atoms. The van der Waals surface area contributed by atoms with Gasteiger partial charge in [-0.2, -0.15) is 21.6 Å². The van der Waals surface area contributed by atoms with E-state index in [9.17, 15) is 30.0 Å². The van der Waals surface area contributed by atoms with Crippen molar-refractivity contribution in [3.8, 4) is 5.75 Å². The van der Waals surface area contributed by atoms with Gasteiger partial charge in [0.15, 0.2) is 0 Å². The van der Waals surface area contributed by atoms with Crippen molar-refractivity contribution in [1.29, 1.82) is 0 Å². The summed E-state index contributed by atoms with van der Waals surface area (Å²) in [7, 11) is -11.2. The summed E-state index contributed by atoms with van der Waals surface area (Å²) in [5.74, 6) is -0.331. The second-order valence-corrected chi connectivity index (χ2v) is 6.09. The molecule has 0 aliphatic heterocycles. The Hall–Kier alpha value is -1.33. The molecule has 0 atom stereocenters. The van der Waals surface area contributed by atoms with Crippen LogP contribution in [0.25, 0.3) is 0 Å². The van der Waals surface area contributed by atoms with Gasteiger partial charge in [0.1, 0.15) is 5.75 Å². The Kier molecular flexibility index (Phi) is 3.88. The molecule has 0 fully saturated rings. The molecule has 0 aliphatic rings. The van der Waals surface area contributed by atoms with Crippen molar-refractivity contribution in [1.82, 2.24) is 4.13 Å². The van der Waals surface area contributed by atoms with Gasteiger partial charge in [-0.15, -0.1) is 0 Å². The van der Waals surface area contributed by atoms with Crippen molar-refractivity contribution in [3.63, 3.8) is 0 Å². The highest BCUT2D eigenvalue weighted by Crippen LogP contribution is 2.22.